The molecule has 1 amide bonds. The first-order valence-corrected chi connectivity index (χ1v) is 6.11. The average Bonchev–Trinajstić information content (AvgIpc) is 2.31. The van der Waals surface area contributed by atoms with Crippen LogP contribution in [0.2, 0.25) is 0 Å². The molecule has 1 aromatic rings. The molecule has 0 spiro atoms. The fraction of sp³-hybridized carbons (Fsp3) is 0.167. The van der Waals surface area contributed by atoms with Crippen LogP contribution in [0.5, 0.6) is 0 Å². The molecular formula is C12H9IN2O2. The molecule has 0 radical (unpaired) electrons. The van der Waals surface area contributed by atoms with Gasteiger partial charge in [-0.05, 0) is 46.9 Å². The fourth-order valence-electron chi connectivity index (χ4n) is 1.68. The fourth-order valence-corrected chi connectivity index (χ4v) is 2.04. The number of aliphatic hydroxyl groups is 1. The Morgan fingerprint density at radius 3 is 2.59 bits per heavy atom. The number of carbonyl (C=O) groups is 1. The summed E-state index contributed by atoms with van der Waals surface area (Å²) in [7, 11) is 0. The number of halogens is 1. The van der Waals surface area contributed by atoms with Crippen molar-refractivity contribution < 1.29 is 9.90 Å². The Labute approximate surface area is 112 Å². The van der Waals surface area contributed by atoms with Gasteiger partial charge in [0, 0.05) is 22.2 Å². The van der Waals surface area contributed by atoms with Crippen molar-refractivity contribution in [1.29, 1.82) is 5.26 Å². The molecule has 1 N–H and O–H groups in total. The minimum Gasteiger partial charge on any atom is -0.511 e. The van der Waals surface area contributed by atoms with Gasteiger partial charge in [0.2, 0.25) is 0 Å². The second-order valence-electron chi connectivity index (χ2n) is 3.62. The monoisotopic (exact) mass is 340 g/mol. The largest absolute Gasteiger partial charge is 0.511 e. The van der Waals surface area contributed by atoms with Crippen molar-refractivity contribution in [3.8, 4) is 6.07 Å². The zero-order valence-electron chi connectivity index (χ0n) is 8.85. The van der Waals surface area contributed by atoms with Crippen LogP contribution in [0.4, 0.5) is 5.69 Å². The highest BCUT2D eigenvalue weighted by Gasteiger charge is 2.27. The zero-order valence-corrected chi connectivity index (χ0v) is 11.0. The molecule has 0 bridgehead atoms. The molecule has 0 fully saturated rings. The molecule has 4 nitrogen and oxygen atoms in total. The lowest BCUT2D eigenvalue weighted by atomic mass is 10.1. The van der Waals surface area contributed by atoms with Crippen molar-refractivity contribution in [2.75, 3.05) is 11.4 Å². The Hall–Kier alpha value is -1.55. The zero-order chi connectivity index (χ0) is 12.4. The van der Waals surface area contributed by atoms with Crippen LogP contribution in [0.25, 0.3) is 0 Å². The van der Waals surface area contributed by atoms with Crippen molar-refractivity contribution in [1.82, 2.24) is 0 Å². The maximum Gasteiger partial charge on any atom is 0.272 e. The number of aliphatic hydroxyl groups excluding tert-OH is 1. The highest BCUT2D eigenvalue weighted by Crippen LogP contribution is 2.24. The predicted octanol–water partition coefficient (Wildman–Crippen LogP) is 2.36. The van der Waals surface area contributed by atoms with Crippen molar-refractivity contribution in [3.63, 3.8) is 0 Å². The van der Waals surface area contributed by atoms with E-state index in [0.717, 1.165) is 9.26 Å². The Morgan fingerprint density at radius 2 is 2.00 bits per heavy atom. The standard InChI is InChI=1S/C12H9IN2O2/c13-8-1-3-9(4-2-8)15-6-5-11(16)10(7-14)12(15)17/h1-4,16H,5-6H2. The van der Waals surface area contributed by atoms with E-state index in [-0.39, 0.29) is 11.3 Å². The molecule has 1 aliphatic heterocycles. The van der Waals surface area contributed by atoms with Gasteiger partial charge in [-0.2, -0.15) is 5.26 Å². The SMILES string of the molecule is N#CC1=C(O)CCN(c2ccc(I)cc2)C1=O. The van der Waals surface area contributed by atoms with Crippen molar-refractivity contribution in [2.24, 2.45) is 0 Å². The van der Waals surface area contributed by atoms with Crippen LogP contribution in [0.3, 0.4) is 0 Å². The molecule has 0 aromatic heterocycles. The van der Waals surface area contributed by atoms with Gasteiger partial charge in [0.25, 0.3) is 5.91 Å². The Balaban J connectivity index is 2.35. The first kappa shape index (κ1) is 11.9. The third kappa shape index (κ3) is 2.26. The van der Waals surface area contributed by atoms with Gasteiger partial charge in [0.05, 0.1) is 0 Å². The van der Waals surface area contributed by atoms with Crippen molar-refractivity contribution in [2.45, 2.75) is 6.42 Å². The summed E-state index contributed by atoms with van der Waals surface area (Å²) in [5, 5.41) is 18.3. The van der Waals surface area contributed by atoms with E-state index in [0.29, 0.717) is 13.0 Å². The van der Waals surface area contributed by atoms with E-state index in [1.54, 1.807) is 6.07 Å². The van der Waals surface area contributed by atoms with Crippen LogP contribution in [-0.2, 0) is 4.79 Å². The normalized spacial score (nSPS) is 16.0. The molecule has 1 aliphatic rings. The summed E-state index contributed by atoms with van der Waals surface area (Å²) >= 11 is 2.18. The summed E-state index contributed by atoms with van der Waals surface area (Å²) in [6.45, 7) is 0.399. The van der Waals surface area contributed by atoms with E-state index in [2.05, 4.69) is 22.6 Å². The van der Waals surface area contributed by atoms with Crippen LogP contribution in [0.15, 0.2) is 35.6 Å². The summed E-state index contributed by atoms with van der Waals surface area (Å²) in [5.74, 6) is -0.545. The third-order valence-corrected chi connectivity index (χ3v) is 3.29. The second kappa shape index (κ2) is 4.75. The molecule has 0 saturated heterocycles. The quantitative estimate of drug-likeness (QED) is 0.799. The first-order chi connectivity index (χ1) is 8.13. The van der Waals surface area contributed by atoms with Gasteiger partial charge in [0.1, 0.15) is 11.8 Å². The van der Waals surface area contributed by atoms with E-state index in [1.165, 1.54) is 4.90 Å². The molecule has 5 heteroatoms. The van der Waals surface area contributed by atoms with Crippen LogP contribution in [-0.4, -0.2) is 17.6 Å². The summed E-state index contributed by atoms with van der Waals surface area (Å²) in [5.41, 5.74) is 0.588. The van der Waals surface area contributed by atoms with E-state index in [1.807, 2.05) is 24.3 Å². The molecule has 1 aromatic carbocycles. The highest BCUT2D eigenvalue weighted by molar-refractivity contribution is 14.1. The number of nitriles is 1. The Kier molecular flexibility index (Phi) is 3.33. The number of amides is 1. The topological polar surface area (TPSA) is 64.3 Å². The lowest BCUT2D eigenvalue weighted by Gasteiger charge is -2.26. The molecule has 86 valence electrons. The van der Waals surface area contributed by atoms with Gasteiger partial charge in [-0.1, -0.05) is 0 Å². The number of anilines is 1. The molecule has 0 unspecified atom stereocenters. The summed E-state index contributed by atoms with van der Waals surface area (Å²) in [4.78, 5) is 13.4. The minimum absolute atomic E-state index is 0.112. The summed E-state index contributed by atoms with van der Waals surface area (Å²) in [6, 6.07) is 9.20. The van der Waals surface area contributed by atoms with Gasteiger partial charge in [0.15, 0.2) is 5.57 Å². The lowest BCUT2D eigenvalue weighted by Crippen LogP contribution is -2.37. The van der Waals surface area contributed by atoms with Crippen molar-refractivity contribution in [3.05, 3.63) is 39.2 Å². The van der Waals surface area contributed by atoms with Gasteiger partial charge < -0.3 is 10.0 Å². The molecule has 0 aliphatic carbocycles. The van der Waals surface area contributed by atoms with E-state index in [9.17, 15) is 9.90 Å². The third-order valence-electron chi connectivity index (χ3n) is 2.57. The highest BCUT2D eigenvalue weighted by atomic mass is 127. The number of carbonyl (C=O) groups excluding carboxylic acids is 1. The predicted molar refractivity (Wildman–Crippen MR) is 71.4 cm³/mol. The van der Waals surface area contributed by atoms with E-state index in [4.69, 9.17) is 5.26 Å². The molecular weight excluding hydrogens is 331 g/mol. The summed E-state index contributed by atoms with van der Waals surface area (Å²) < 4.78 is 1.08. The number of benzene rings is 1. The van der Waals surface area contributed by atoms with Crippen LogP contribution < -0.4 is 4.90 Å². The van der Waals surface area contributed by atoms with E-state index < -0.39 is 5.91 Å². The number of nitrogens with zero attached hydrogens (tertiary/aromatic N) is 2. The first-order valence-electron chi connectivity index (χ1n) is 5.03. The molecule has 0 saturated carbocycles. The smallest absolute Gasteiger partial charge is 0.272 e. The van der Waals surface area contributed by atoms with Crippen LogP contribution >= 0.6 is 22.6 Å². The molecule has 2 rings (SSSR count). The van der Waals surface area contributed by atoms with E-state index >= 15 is 0 Å². The summed E-state index contributed by atoms with van der Waals surface area (Å²) in [6.07, 6.45) is 0.320. The molecule has 0 atom stereocenters. The maximum atomic E-state index is 11.9. The van der Waals surface area contributed by atoms with Crippen molar-refractivity contribution >= 4 is 34.2 Å². The average molecular weight is 340 g/mol. The number of rotatable bonds is 1. The molecule has 1 heterocycles. The van der Waals surface area contributed by atoms with Gasteiger partial charge in [-0.3, -0.25) is 4.79 Å². The minimum atomic E-state index is -0.433. The van der Waals surface area contributed by atoms with Gasteiger partial charge in [-0.25, -0.2) is 0 Å². The van der Waals surface area contributed by atoms with Crippen LogP contribution in [0, 0.1) is 14.9 Å². The number of hydrogen-bond donors (Lipinski definition) is 1. The van der Waals surface area contributed by atoms with Gasteiger partial charge in [-0.15, -0.1) is 0 Å². The number of hydrogen-bond acceptors (Lipinski definition) is 3. The van der Waals surface area contributed by atoms with Gasteiger partial charge >= 0.3 is 0 Å². The lowest BCUT2D eigenvalue weighted by molar-refractivity contribution is -0.115. The Bertz CT molecular complexity index is 528. The maximum absolute atomic E-state index is 11.9. The van der Waals surface area contributed by atoms with Crippen LogP contribution in [0.1, 0.15) is 6.42 Å². The molecule has 17 heavy (non-hydrogen) atoms. The second-order valence-corrected chi connectivity index (χ2v) is 4.86. The Morgan fingerprint density at radius 1 is 1.35 bits per heavy atom.